The molecule has 0 amide bonds. The van der Waals surface area contributed by atoms with Gasteiger partial charge in [-0.05, 0) is 84.5 Å². The van der Waals surface area contributed by atoms with E-state index in [-0.39, 0.29) is 17.9 Å². The first-order chi connectivity index (χ1) is 24.0. The quantitative estimate of drug-likeness (QED) is 0.199. The molecule has 2 heterocycles. The molecule has 1 aliphatic heterocycles. The SMILES string of the molecule is C/C=c1/c2c(n(-c3ccccc3)/c1=C(/C)c1ccccc1C1=CC=CC3C1c1ccccc1N3c1ccccc1C#N)C(C)CC(C#N)=C2. The van der Waals surface area contributed by atoms with Gasteiger partial charge in [-0.3, -0.25) is 0 Å². The Morgan fingerprint density at radius 3 is 2.33 bits per heavy atom. The van der Waals surface area contributed by atoms with Crippen LogP contribution in [0.15, 0.2) is 127 Å². The molecule has 8 rings (SSSR count). The summed E-state index contributed by atoms with van der Waals surface area (Å²) < 4.78 is 2.44. The second-order valence-electron chi connectivity index (χ2n) is 13.1. The smallest absolute Gasteiger partial charge is 0.101 e. The zero-order valence-electron chi connectivity index (χ0n) is 27.9. The van der Waals surface area contributed by atoms with Crippen molar-refractivity contribution in [2.45, 2.75) is 45.1 Å². The van der Waals surface area contributed by atoms with Crippen LogP contribution in [0.3, 0.4) is 0 Å². The summed E-state index contributed by atoms with van der Waals surface area (Å²) in [6.07, 6.45) is 11.8. The fourth-order valence-corrected chi connectivity index (χ4v) is 8.41. The maximum atomic E-state index is 10.1. The molecule has 4 aromatic carbocycles. The third-order valence-corrected chi connectivity index (χ3v) is 10.4. The number of hydrogen-bond acceptors (Lipinski definition) is 3. The van der Waals surface area contributed by atoms with Crippen molar-refractivity contribution in [1.29, 1.82) is 10.5 Å². The number of para-hydroxylation sites is 3. The van der Waals surface area contributed by atoms with E-state index in [9.17, 15) is 10.5 Å². The van der Waals surface area contributed by atoms with Gasteiger partial charge in [-0.2, -0.15) is 10.5 Å². The lowest BCUT2D eigenvalue weighted by atomic mass is 9.78. The van der Waals surface area contributed by atoms with Crippen molar-refractivity contribution in [2.75, 3.05) is 4.90 Å². The number of nitriles is 2. The minimum atomic E-state index is 0.0238. The summed E-state index contributed by atoms with van der Waals surface area (Å²) in [6.45, 7) is 6.59. The van der Waals surface area contributed by atoms with Crippen molar-refractivity contribution < 1.29 is 0 Å². The third kappa shape index (κ3) is 4.72. The molecule has 0 radical (unpaired) electrons. The summed E-state index contributed by atoms with van der Waals surface area (Å²) in [6, 6.07) is 40.9. The number of nitrogens with zero attached hydrogens (tertiary/aromatic N) is 4. The van der Waals surface area contributed by atoms with Gasteiger partial charge in [0.15, 0.2) is 0 Å². The van der Waals surface area contributed by atoms with Crippen LogP contribution in [-0.4, -0.2) is 10.6 Å². The predicted molar refractivity (Wildman–Crippen MR) is 200 cm³/mol. The van der Waals surface area contributed by atoms with Crippen LogP contribution in [0.2, 0.25) is 0 Å². The first-order valence-corrected chi connectivity index (χ1v) is 17.0. The highest BCUT2D eigenvalue weighted by Crippen LogP contribution is 2.53. The molecule has 4 heteroatoms. The van der Waals surface area contributed by atoms with Crippen molar-refractivity contribution in [3.8, 4) is 17.8 Å². The predicted octanol–water partition coefficient (Wildman–Crippen LogP) is 9.04. The summed E-state index contributed by atoms with van der Waals surface area (Å²) in [5.41, 5.74) is 13.2. The highest BCUT2D eigenvalue weighted by molar-refractivity contribution is 5.90. The number of aromatic nitrogens is 1. The van der Waals surface area contributed by atoms with Gasteiger partial charge < -0.3 is 9.47 Å². The number of benzene rings is 4. The van der Waals surface area contributed by atoms with E-state index in [1.807, 2.05) is 18.2 Å². The van der Waals surface area contributed by atoms with Crippen LogP contribution < -0.4 is 15.5 Å². The minimum Gasteiger partial charge on any atom is -0.332 e. The molecular weight excluding hydrogens is 597 g/mol. The van der Waals surface area contributed by atoms with E-state index in [0.717, 1.165) is 45.2 Å². The Bertz CT molecular complexity index is 2440. The topological polar surface area (TPSA) is 55.8 Å². The van der Waals surface area contributed by atoms with Crippen LogP contribution >= 0.6 is 0 Å². The molecule has 1 aromatic heterocycles. The maximum absolute atomic E-state index is 10.1. The van der Waals surface area contributed by atoms with E-state index in [4.69, 9.17) is 0 Å². The zero-order valence-corrected chi connectivity index (χ0v) is 27.9. The van der Waals surface area contributed by atoms with Crippen LogP contribution in [0, 0.1) is 22.7 Å². The number of fused-ring (bicyclic) bond motifs is 4. The van der Waals surface area contributed by atoms with Gasteiger partial charge >= 0.3 is 0 Å². The summed E-state index contributed by atoms with van der Waals surface area (Å²) in [7, 11) is 0. The van der Waals surface area contributed by atoms with Gasteiger partial charge in [-0.15, -0.1) is 0 Å². The molecule has 0 fully saturated rings. The average Bonchev–Trinajstić information content (AvgIpc) is 3.68. The van der Waals surface area contributed by atoms with Crippen molar-refractivity contribution in [2.24, 2.45) is 0 Å². The molecule has 4 nitrogen and oxygen atoms in total. The molecule has 3 unspecified atom stereocenters. The van der Waals surface area contributed by atoms with Gasteiger partial charge in [0.1, 0.15) is 6.07 Å². The lowest BCUT2D eigenvalue weighted by Crippen LogP contribution is -2.32. The van der Waals surface area contributed by atoms with E-state index in [1.54, 1.807) is 0 Å². The van der Waals surface area contributed by atoms with Gasteiger partial charge in [0.2, 0.25) is 0 Å². The fraction of sp³-hybridized carbons (Fsp3) is 0.156. The third-order valence-electron chi connectivity index (χ3n) is 10.4. The minimum absolute atomic E-state index is 0.0238. The van der Waals surface area contributed by atoms with Gasteiger partial charge in [0.25, 0.3) is 0 Å². The molecule has 0 bridgehead atoms. The maximum Gasteiger partial charge on any atom is 0.101 e. The number of anilines is 2. The second-order valence-corrected chi connectivity index (χ2v) is 13.1. The van der Waals surface area contributed by atoms with Crippen molar-refractivity contribution >= 4 is 34.7 Å². The summed E-state index contributed by atoms with van der Waals surface area (Å²) in [4.78, 5) is 2.35. The van der Waals surface area contributed by atoms with Gasteiger partial charge in [0.05, 0.1) is 28.7 Å². The van der Waals surface area contributed by atoms with Crippen LogP contribution in [0.25, 0.3) is 29.0 Å². The Morgan fingerprint density at radius 1 is 0.837 bits per heavy atom. The van der Waals surface area contributed by atoms with Gasteiger partial charge in [0, 0.05) is 45.3 Å². The molecule has 0 spiro atoms. The monoisotopic (exact) mass is 632 g/mol. The van der Waals surface area contributed by atoms with Crippen molar-refractivity contribution in [3.63, 3.8) is 0 Å². The zero-order chi connectivity index (χ0) is 33.6. The van der Waals surface area contributed by atoms with Crippen molar-refractivity contribution in [3.05, 3.63) is 171 Å². The summed E-state index contributed by atoms with van der Waals surface area (Å²) in [5, 5.41) is 22.4. The highest BCUT2D eigenvalue weighted by atomic mass is 15.2. The molecule has 0 saturated carbocycles. The van der Waals surface area contributed by atoms with E-state index in [1.165, 1.54) is 33.5 Å². The van der Waals surface area contributed by atoms with Crippen LogP contribution in [-0.2, 0) is 0 Å². The Hall–Kier alpha value is -6.10. The summed E-state index contributed by atoms with van der Waals surface area (Å²) in [5.74, 6) is 0.268. The van der Waals surface area contributed by atoms with Crippen molar-refractivity contribution in [1.82, 2.24) is 4.57 Å². The molecule has 3 aliphatic rings. The molecule has 0 saturated heterocycles. The molecule has 3 atom stereocenters. The second kappa shape index (κ2) is 12.2. The van der Waals surface area contributed by atoms with E-state index < -0.39 is 0 Å². The summed E-state index contributed by atoms with van der Waals surface area (Å²) >= 11 is 0. The molecular formula is C45H36N4. The molecule has 49 heavy (non-hydrogen) atoms. The van der Waals surface area contributed by atoms with Crippen LogP contribution in [0.4, 0.5) is 11.4 Å². The van der Waals surface area contributed by atoms with Gasteiger partial charge in [-0.1, -0.05) is 104 Å². The number of hydrogen-bond donors (Lipinski definition) is 0. The molecule has 0 N–H and O–H groups in total. The first-order valence-electron chi connectivity index (χ1n) is 17.0. The largest absolute Gasteiger partial charge is 0.332 e. The first kappa shape index (κ1) is 30.2. The van der Waals surface area contributed by atoms with Crippen LogP contribution in [0.5, 0.6) is 0 Å². The standard InChI is InChI=1S/C45H36N4/c1-4-34-39-26-31(27-46)25-29(2)44(39)48(33-16-6-5-7-17-33)45(34)30(3)35-18-9-10-19-36(35)37-21-14-24-42-43(37)38-20-11-13-23-41(38)49(42)40-22-12-8-15-32(40)28-47/h4-24,26,29,42-43H,25H2,1-3H3/b34-4-,45-30-. The normalized spacial score (nSPS) is 20.0. The average molecular weight is 633 g/mol. The number of rotatable bonds is 4. The van der Waals surface area contributed by atoms with Crippen LogP contribution in [0.1, 0.15) is 72.5 Å². The van der Waals surface area contributed by atoms with E-state index in [0.29, 0.717) is 5.56 Å². The van der Waals surface area contributed by atoms with E-state index >= 15 is 0 Å². The Labute approximate surface area is 287 Å². The van der Waals surface area contributed by atoms with Gasteiger partial charge in [-0.25, -0.2) is 0 Å². The number of allylic oxidation sites excluding steroid dienone is 3. The lowest BCUT2D eigenvalue weighted by molar-refractivity contribution is 0.700. The molecule has 5 aromatic rings. The lowest BCUT2D eigenvalue weighted by Gasteiger charge is -2.32. The Balaban J connectivity index is 1.38. The fourth-order valence-electron chi connectivity index (χ4n) is 8.41. The van der Waals surface area contributed by atoms with E-state index in [2.05, 4.69) is 158 Å². The Kier molecular flexibility index (Phi) is 7.51. The Morgan fingerprint density at radius 2 is 1.55 bits per heavy atom. The molecule has 2 aliphatic carbocycles. The highest BCUT2D eigenvalue weighted by Gasteiger charge is 2.42. The molecule has 236 valence electrons.